The average molecular weight is 423 g/mol. The summed E-state index contributed by atoms with van der Waals surface area (Å²) in [5, 5.41) is 9.99. The molecular formula is C20H15BrN4O2. The Morgan fingerprint density at radius 3 is 2.52 bits per heavy atom. The molecule has 27 heavy (non-hydrogen) atoms. The number of rotatable bonds is 4. The molecule has 7 heteroatoms. The predicted octanol–water partition coefficient (Wildman–Crippen LogP) is 3.67. The molecule has 0 aliphatic rings. The van der Waals surface area contributed by atoms with Gasteiger partial charge in [-0.15, -0.1) is 0 Å². The van der Waals surface area contributed by atoms with Crippen molar-refractivity contribution in [1.29, 1.82) is 0 Å². The summed E-state index contributed by atoms with van der Waals surface area (Å²) in [6.45, 7) is 0.450. The molecule has 4 rings (SSSR count). The van der Waals surface area contributed by atoms with Gasteiger partial charge in [-0.1, -0.05) is 28.1 Å². The summed E-state index contributed by atoms with van der Waals surface area (Å²) in [7, 11) is 0. The maximum Gasteiger partial charge on any atom is 0.281 e. The third kappa shape index (κ3) is 3.54. The van der Waals surface area contributed by atoms with Crippen LogP contribution in [0.25, 0.3) is 22.4 Å². The second-order valence-corrected chi connectivity index (χ2v) is 6.87. The van der Waals surface area contributed by atoms with Crippen LogP contribution < -0.4 is 11.0 Å². The zero-order valence-electron chi connectivity index (χ0n) is 14.1. The summed E-state index contributed by atoms with van der Waals surface area (Å²) in [5.74, 6) is 0.581. The highest BCUT2D eigenvalue weighted by atomic mass is 79.9. The van der Waals surface area contributed by atoms with Crippen molar-refractivity contribution in [2.24, 2.45) is 0 Å². The number of pyridine rings is 1. The minimum absolute atomic E-state index is 0.148. The summed E-state index contributed by atoms with van der Waals surface area (Å²) in [4.78, 5) is 21.8. The van der Waals surface area contributed by atoms with Crippen LogP contribution in [0.5, 0.6) is 5.75 Å². The van der Waals surface area contributed by atoms with E-state index in [-0.39, 0.29) is 11.3 Å². The number of hydrogen-bond donors (Lipinski definition) is 2. The SMILES string of the molecule is O=c1c2cccnc2nc(-c2ccc(O)cc2)n1NCc1ccc(Br)cc1. The zero-order chi connectivity index (χ0) is 18.8. The average Bonchev–Trinajstić information content (AvgIpc) is 2.69. The summed E-state index contributed by atoms with van der Waals surface area (Å²) in [5.41, 5.74) is 5.03. The van der Waals surface area contributed by atoms with Crippen LogP contribution in [0.3, 0.4) is 0 Å². The molecular weight excluding hydrogens is 408 g/mol. The molecule has 2 heterocycles. The van der Waals surface area contributed by atoms with E-state index < -0.39 is 0 Å². The van der Waals surface area contributed by atoms with Crippen LogP contribution in [0.2, 0.25) is 0 Å². The molecule has 4 aromatic rings. The van der Waals surface area contributed by atoms with Gasteiger partial charge in [0.1, 0.15) is 5.75 Å². The first-order chi connectivity index (χ1) is 13.1. The molecule has 2 aromatic heterocycles. The van der Waals surface area contributed by atoms with Gasteiger partial charge in [0.05, 0.1) is 11.9 Å². The highest BCUT2D eigenvalue weighted by molar-refractivity contribution is 9.10. The second-order valence-electron chi connectivity index (χ2n) is 5.96. The number of halogens is 1. The normalized spacial score (nSPS) is 10.9. The number of phenolic OH excluding ortho intramolecular Hbond substituents is 1. The van der Waals surface area contributed by atoms with E-state index in [4.69, 9.17) is 0 Å². The van der Waals surface area contributed by atoms with E-state index in [0.29, 0.717) is 29.0 Å². The summed E-state index contributed by atoms with van der Waals surface area (Å²) in [6, 6.07) is 17.8. The summed E-state index contributed by atoms with van der Waals surface area (Å²) >= 11 is 3.42. The van der Waals surface area contributed by atoms with Crippen LogP contribution in [0.15, 0.2) is 76.1 Å². The standard InChI is InChI=1S/C20H15BrN4O2/c21-15-7-3-13(4-8-15)12-23-25-19(14-5-9-16(26)10-6-14)24-18-17(20(25)27)2-1-11-22-18/h1-11,23,26H,12H2. The Balaban J connectivity index is 1.82. The van der Waals surface area contributed by atoms with Gasteiger partial charge in [-0.2, -0.15) is 0 Å². The van der Waals surface area contributed by atoms with Gasteiger partial charge in [-0.3, -0.25) is 4.79 Å². The molecule has 0 amide bonds. The van der Waals surface area contributed by atoms with Crippen molar-refractivity contribution in [3.05, 3.63) is 87.3 Å². The van der Waals surface area contributed by atoms with Gasteiger partial charge >= 0.3 is 0 Å². The Kier molecular flexibility index (Phi) is 4.60. The van der Waals surface area contributed by atoms with Crippen molar-refractivity contribution in [3.63, 3.8) is 0 Å². The Hall–Kier alpha value is -3.19. The van der Waals surface area contributed by atoms with Crippen LogP contribution in [-0.2, 0) is 6.54 Å². The number of phenols is 1. The third-order valence-electron chi connectivity index (χ3n) is 4.12. The first-order valence-electron chi connectivity index (χ1n) is 8.27. The van der Waals surface area contributed by atoms with E-state index >= 15 is 0 Å². The van der Waals surface area contributed by atoms with Gasteiger partial charge in [0.2, 0.25) is 0 Å². The van der Waals surface area contributed by atoms with Crippen LogP contribution in [0, 0.1) is 0 Å². The molecule has 6 nitrogen and oxygen atoms in total. The van der Waals surface area contributed by atoms with E-state index in [2.05, 4.69) is 31.3 Å². The maximum atomic E-state index is 13.0. The van der Waals surface area contributed by atoms with Crippen LogP contribution in [-0.4, -0.2) is 19.8 Å². The van der Waals surface area contributed by atoms with Gasteiger partial charge in [0.15, 0.2) is 11.5 Å². The Bertz CT molecular complexity index is 1160. The number of nitrogens with zero attached hydrogens (tertiary/aromatic N) is 3. The van der Waals surface area contributed by atoms with Crippen molar-refractivity contribution in [1.82, 2.24) is 14.6 Å². The fourth-order valence-corrected chi connectivity index (χ4v) is 3.01. The molecule has 0 fully saturated rings. The molecule has 0 spiro atoms. The van der Waals surface area contributed by atoms with Gasteiger partial charge in [0.25, 0.3) is 5.56 Å². The van der Waals surface area contributed by atoms with Crippen molar-refractivity contribution >= 4 is 27.0 Å². The van der Waals surface area contributed by atoms with Gasteiger partial charge in [-0.25, -0.2) is 14.6 Å². The van der Waals surface area contributed by atoms with Crippen molar-refractivity contribution in [2.45, 2.75) is 6.54 Å². The van der Waals surface area contributed by atoms with Gasteiger partial charge in [0, 0.05) is 16.2 Å². The zero-order valence-corrected chi connectivity index (χ0v) is 15.7. The quantitative estimate of drug-likeness (QED) is 0.524. The lowest BCUT2D eigenvalue weighted by Crippen LogP contribution is -2.31. The minimum atomic E-state index is -0.228. The number of hydrogen-bond acceptors (Lipinski definition) is 5. The summed E-state index contributed by atoms with van der Waals surface area (Å²) < 4.78 is 2.42. The highest BCUT2D eigenvalue weighted by Crippen LogP contribution is 2.20. The Morgan fingerprint density at radius 2 is 1.78 bits per heavy atom. The Labute approximate surface area is 163 Å². The predicted molar refractivity (Wildman–Crippen MR) is 108 cm³/mol. The van der Waals surface area contributed by atoms with Crippen LogP contribution in [0.4, 0.5) is 0 Å². The van der Waals surface area contributed by atoms with E-state index in [1.807, 2.05) is 24.3 Å². The summed E-state index contributed by atoms with van der Waals surface area (Å²) in [6.07, 6.45) is 1.61. The smallest absolute Gasteiger partial charge is 0.281 e. The molecule has 0 radical (unpaired) electrons. The largest absolute Gasteiger partial charge is 0.508 e. The van der Waals surface area contributed by atoms with E-state index in [0.717, 1.165) is 10.0 Å². The molecule has 0 unspecified atom stereocenters. The molecule has 0 aliphatic heterocycles. The fourth-order valence-electron chi connectivity index (χ4n) is 2.74. The van der Waals surface area contributed by atoms with E-state index in [1.54, 1.807) is 42.6 Å². The van der Waals surface area contributed by atoms with Crippen molar-refractivity contribution < 1.29 is 5.11 Å². The topological polar surface area (TPSA) is 80.0 Å². The van der Waals surface area contributed by atoms with E-state index in [9.17, 15) is 9.90 Å². The number of aromatic nitrogens is 3. The molecule has 0 bridgehead atoms. The van der Waals surface area contributed by atoms with Crippen molar-refractivity contribution in [3.8, 4) is 17.1 Å². The fraction of sp³-hybridized carbons (Fsp3) is 0.0500. The maximum absolute atomic E-state index is 13.0. The number of benzene rings is 2. The number of nitrogens with one attached hydrogen (secondary N) is 1. The second kappa shape index (κ2) is 7.20. The monoisotopic (exact) mass is 422 g/mol. The molecule has 134 valence electrons. The lowest BCUT2D eigenvalue weighted by atomic mass is 10.2. The third-order valence-corrected chi connectivity index (χ3v) is 4.65. The number of aromatic hydroxyl groups is 1. The number of fused-ring (bicyclic) bond motifs is 1. The molecule has 0 saturated carbocycles. The molecule has 0 saturated heterocycles. The first kappa shape index (κ1) is 17.2. The van der Waals surface area contributed by atoms with Gasteiger partial charge in [-0.05, 0) is 54.1 Å². The molecule has 2 N–H and O–H groups in total. The highest BCUT2D eigenvalue weighted by Gasteiger charge is 2.13. The Morgan fingerprint density at radius 1 is 1.04 bits per heavy atom. The van der Waals surface area contributed by atoms with Crippen molar-refractivity contribution in [2.75, 3.05) is 5.43 Å². The minimum Gasteiger partial charge on any atom is -0.508 e. The first-order valence-corrected chi connectivity index (χ1v) is 9.06. The molecule has 0 aliphatic carbocycles. The lowest BCUT2D eigenvalue weighted by molar-refractivity contribution is 0.475. The van der Waals surface area contributed by atoms with Crippen LogP contribution >= 0.6 is 15.9 Å². The molecule has 0 atom stereocenters. The van der Waals surface area contributed by atoms with E-state index in [1.165, 1.54) is 4.68 Å². The molecule has 2 aromatic carbocycles. The lowest BCUT2D eigenvalue weighted by Gasteiger charge is -2.15. The van der Waals surface area contributed by atoms with Crippen LogP contribution in [0.1, 0.15) is 5.56 Å². The van der Waals surface area contributed by atoms with Gasteiger partial charge < -0.3 is 10.5 Å².